The molecule has 0 aliphatic heterocycles. The molecule has 0 amide bonds. The summed E-state index contributed by atoms with van der Waals surface area (Å²) in [7, 11) is 0. The van der Waals surface area contributed by atoms with Gasteiger partial charge in [-0.05, 0) is 48.2 Å². The van der Waals surface area contributed by atoms with Gasteiger partial charge in [0.1, 0.15) is 22.9 Å². The number of nitrogens with two attached hydrogens (primary N) is 3. The first kappa shape index (κ1) is 19.0. The maximum absolute atomic E-state index is 9.77. The molecular formula is C21H23N3O4. The fourth-order valence-electron chi connectivity index (χ4n) is 2.89. The van der Waals surface area contributed by atoms with Crippen LogP contribution in [0.5, 0.6) is 23.0 Å². The van der Waals surface area contributed by atoms with E-state index in [-0.39, 0.29) is 34.3 Å². The summed E-state index contributed by atoms with van der Waals surface area (Å²) in [6, 6.07) is 13.9. The van der Waals surface area contributed by atoms with Gasteiger partial charge in [-0.25, -0.2) is 0 Å². The van der Waals surface area contributed by atoms with Crippen molar-refractivity contribution in [1.82, 2.24) is 0 Å². The lowest BCUT2D eigenvalue weighted by Gasteiger charge is -2.12. The van der Waals surface area contributed by atoms with E-state index >= 15 is 0 Å². The van der Waals surface area contributed by atoms with Crippen molar-refractivity contribution >= 4 is 17.1 Å². The smallest absolute Gasteiger partial charge is 0.181 e. The maximum Gasteiger partial charge on any atom is 0.181 e. The number of hydrogen-bond acceptors (Lipinski definition) is 7. The molecule has 9 N–H and O–H groups in total. The molecule has 0 aliphatic rings. The normalized spacial score (nSPS) is 10.7. The molecule has 0 spiro atoms. The number of rotatable bonds is 6. The Balaban J connectivity index is 1.58. The van der Waals surface area contributed by atoms with Crippen molar-refractivity contribution in [2.45, 2.75) is 12.8 Å². The van der Waals surface area contributed by atoms with Crippen LogP contribution in [0.2, 0.25) is 0 Å². The van der Waals surface area contributed by atoms with E-state index in [1.165, 1.54) is 12.1 Å². The van der Waals surface area contributed by atoms with Gasteiger partial charge in [-0.15, -0.1) is 0 Å². The Morgan fingerprint density at radius 2 is 1.39 bits per heavy atom. The summed E-state index contributed by atoms with van der Waals surface area (Å²) < 4.78 is 5.64. The van der Waals surface area contributed by atoms with Crippen LogP contribution in [0, 0.1) is 0 Å². The Labute approximate surface area is 162 Å². The highest BCUT2D eigenvalue weighted by Crippen LogP contribution is 2.39. The zero-order chi connectivity index (χ0) is 20.3. The second-order valence-corrected chi connectivity index (χ2v) is 6.45. The summed E-state index contributed by atoms with van der Waals surface area (Å²) in [6.07, 6.45) is 1.56. The van der Waals surface area contributed by atoms with E-state index in [0.717, 1.165) is 24.0 Å². The molecule has 28 heavy (non-hydrogen) atoms. The monoisotopic (exact) mass is 381 g/mol. The van der Waals surface area contributed by atoms with Crippen molar-refractivity contribution in [2.24, 2.45) is 0 Å². The van der Waals surface area contributed by atoms with Gasteiger partial charge < -0.3 is 37.3 Å². The molecule has 0 atom stereocenters. The topological polar surface area (TPSA) is 148 Å². The Bertz CT molecular complexity index is 988. The van der Waals surface area contributed by atoms with Crippen molar-refractivity contribution in [3.05, 3.63) is 54.1 Å². The molecule has 0 aromatic heterocycles. The average molecular weight is 381 g/mol. The number of phenols is 3. The number of hydrogen-bond donors (Lipinski definition) is 6. The Hall–Kier alpha value is -3.74. The third-order valence-electron chi connectivity index (χ3n) is 4.55. The SMILES string of the molecule is Nc1c(O)ccc(OCCCc2ccc(-c3ccc(O)c(O)c3N)cc2)c1N. The third kappa shape index (κ3) is 3.83. The van der Waals surface area contributed by atoms with Crippen LogP contribution in [-0.4, -0.2) is 21.9 Å². The van der Waals surface area contributed by atoms with E-state index in [0.29, 0.717) is 17.9 Å². The number of nitrogen functional groups attached to an aromatic ring is 3. The lowest BCUT2D eigenvalue weighted by molar-refractivity contribution is 0.312. The fraction of sp³-hybridized carbons (Fsp3) is 0.143. The van der Waals surface area contributed by atoms with Gasteiger partial charge in [-0.3, -0.25) is 0 Å². The molecule has 0 saturated carbocycles. The zero-order valence-corrected chi connectivity index (χ0v) is 15.2. The van der Waals surface area contributed by atoms with Crippen molar-refractivity contribution < 1.29 is 20.1 Å². The van der Waals surface area contributed by atoms with E-state index in [1.807, 2.05) is 24.3 Å². The minimum absolute atomic E-state index is 0.0625. The van der Waals surface area contributed by atoms with Crippen LogP contribution in [0.1, 0.15) is 12.0 Å². The molecule has 0 aliphatic carbocycles. The van der Waals surface area contributed by atoms with Gasteiger partial charge in [-0.1, -0.05) is 24.3 Å². The molecule has 7 heteroatoms. The summed E-state index contributed by atoms with van der Waals surface area (Å²) in [4.78, 5) is 0. The first-order valence-corrected chi connectivity index (χ1v) is 8.78. The number of aromatic hydroxyl groups is 3. The number of aryl methyl sites for hydroxylation is 1. The quantitative estimate of drug-likeness (QED) is 0.218. The van der Waals surface area contributed by atoms with Gasteiger partial charge in [0, 0.05) is 5.56 Å². The second-order valence-electron chi connectivity index (χ2n) is 6.45. The number of anilines is 3. The van der Waals surface area contributed by atoms with E-state index in [1.54, 1.807) is 12.1 Å². The van der Waals surface area contributed by atoms with Crippen molar-refractivity contribution in [1.29, 1.82) is 0 Å². The molecule has 3 aromatic rings. The Morgan fingerprint density at radius 3 is 2.11 bits per heavy atom. The van der Waals surface area contributed by atoms with Crippen LogP contribution >= 0.6 is 0 Å². The van der Waals surface area contributed by atoms with Crippen LogP contribution in [0.25, 0.3) is 11.1 Å². The van der Waals surface area contributed by atoms with E-state index in [2.05, 4.69) is 0 Å². The summed E-state index contributed by atoms with van der Waals surface area (Å²) in [6.45, 7) is 0.453. The molecule has 7 nitrogen and oxygen atoms in total. The van der Waals surface area contributed by atoms with E-state index in [9.17, 15) is 15.3 Å². The summed E-state index contributed by atoms with van der Waals surface area (Å²) in [5.41, 5.74) is 20.5. The van der Waals surface area contributed by atoms with Gasteiger partial charge in [0.25, 0.3) is 0 Å². The molecule has 0 fully saturated rings. The first-order chi connectivity index (χ1) is 13.4. The van der Waals surface area contributed by atoms with Crippen molar-refractivity contribution in [3.63, 3.8) is 0 Å². The van der Waals surface area contributed by atoms with Gasteiger partial charge in [-0.2, -0.15) is 0 Å². The number of phenolic OH excluding ortho intramolecular Hbond substituents is 3. The molecule has 0 saturated heterocycles. The first-order valence-electron chi connectivity index (χ1n) is 8.78. The van der Waals surface area contributed by atoms with Gasteiger partial charge >= 0.3 is 0 Å². The lowest BCUT2D eigenvalue weighted by Crippen LogP contribution is -2.04. The zero-order valence-electron chi connectivity index (χ0n) is 15.2. The molecular weight excluding hydrogens is 358 g/mol. The Morgan fingerprint density at radius 1 is 0.714 bits per heavy atom. The fourth-order valence-corrected chi connectivity index (χ4v) is 2.89. The lowest BCUT2D eigenvalue weighted by atomic mass is 10.00. The third-order valence-corrected chi connectivity index (χ3v) is 4.55. The standard InChI is InChI=1S/C21H23N3O4/c22-18-14(7-8-16(26)21(18)27)13-5-3-12(4-6-13)2-1-11-28-17-10-9-15(25)19(23)20(17)24/h3-10,25-27H,1-2,11,22-24H2. The minimum Gasteiger partial charge on any atom is -0.506 e. The summed E-state index contributed by atoms with van der Waals surface area (Å²) >= 11 is 0. The van der Waals surface area contributed by atoms with Crippen LogP contribution < -0.4 is 21.9 Å². The van der Waals surface area contributed by atoms with Gasteiger partial charge in [0.05, 0.1) is 12.3 Å². The van der Waals surface area contributed by atoms with E-state index < -0.39 is 0 Å². The molecule has 3 aromatic carbocycles. The number of benzene rings is 3. The molecule has 0 bridgehead atoms. The van der Waals surface area contributed by atoms with Crippen LogP contribution in [0.15, 0.2) is 48.5 Å². The second kappa shape index (κ2) is 7.87. The predicted molar refractivity (Wildman–Crippen MR) is 110 cm³/mol. The van der Waals surface area contributed by atoms with E-state index in [4.69, 9.17) is 21.9 Å². The average Bonchev–Trinajstić information content (AvgIpc) is 2.70. The highest BCUT2D eigenvalue weighted by Gasteiger charge is 2.11. The van der Waals surface area contributed by atoms with Crippen LogP contribution in [0.4, 0.5) is 17.1 Å². The number of ether oxygens (including phenoxy) is 1. The predicted octanol–water partition coefficient (Wildman–Crippen LogP) is 3.23. The Kier molecular flexibility index (Phi) is 5.35. The molecule has 146 valence electrons. The highest BCUT2D eigenvalue weighted by molar-refractivity contribution is 5.82. The van der Waals surface area contributed by atoms with Gasteiger partial charge in [0.2, 0.25) is 0 Å². The van der Waals surface area contributed by atoms with Crippen LogP contribution in [-0.2, 0) is 6.42 Å². The largest absolute Gasteiger partial charge is 0.506 e. The highest BCUT2D eigenvalue weighted by atomic mass is 16.5. The minimum atomic E-state index is -0.312. The van der Waals surface area contributed by atoms with Crippen molar-refractivity contribution in [2.75, 3.05) is 23.8 Å². The molecule has 3 rings (SSSR count). The molecule has 0 unspecified atom stereocenters. The van der Waals surface area contributed by atoms with Gasteiger partial charge in [0.15, 0.2) is 11.5 Å². The molecule has 0 heterocycles. The molecule has 0 radical (unpaired) electrons. The maximum atomic E-state index is 9.77. The van der Waals surface area contributed by atoms with Crippen LogP contribution in [0.3, 0.4) is 0 Å². The summed E-state index contributed by atoms with van der Waals surface area (Å²) in [5.74, 6) is -0.164. The summed E-state index contributed by atoms with van der Waals surface area (Å²) in [5, 5.41) is 28.8. The van der Waals surface area contributed by atoms with Crippen molar-refractivity contribution in [3.8, 4) is 34.1 Å².